The predicted octanol–water partition coefficient (Wildman–Crippen LogP) is 5.76. The highest BCUT2D eigenvalue weighted by molar-refractivity contribution is 5.85. The zero-order chi connectivity index (χ0) is 30.0. The Hall–Kier alpha value is -5.90. The summed E-state index contributed by atoms with van der Waals surface area (Å²) in [6.07, 6.45) is 2.67. The molecule has 0 saturated carbocycles. The van der Waals surface area contributed by atoms with E-state index in [9.17, 15) is 30.0 Å². The smallest absolute Gasteiger partial charge is 0.200 e. The number of aromatic hydroxyl groups is 4. The van der Waals surface area contributed by atoms with Gasteiger partial charge in [-0.3, -0.25) is 9.59 Å². The number of benzene rings is 4. The molecule has 0 amide bonds. The highest BCUT2D eigenvalue weighted by Gasteiger charge is 2.14. The maximum absolute atomic E-state index is 12.5. The Balaban J connectivity index is 0.000000168. The summed E-state index contributed by atoms with van der Waals surface area (Å²) in [5, 5.41) is 38.6. The van der Waals surface area contributed by atoms with Crippen LogP contribution in [0.25, 0.3) is 44.2 Å². The van der Waals surface area contributed by atoms with Crippen molar-refractivity contribution in [2.24, 2.45) is 0 Å². The minimum atomic E-state index is -0.236. The van der Waals surface area contributed by atoms with Crippen molar-refractivity contribution in [3.8, 4) is 56.8 Å². The van der Waals surface area contributed by atoms with Gasteiger partial charge in [-0.25, -0.2) is 0 Å². The number of hydrogen-bond donors (Lipinski definition) is 4. The molecule has 0 bridgehead atoms. The van der Waals surface area contributed by atoms with Crippen molar-refractivity contribution in [1.82, 2.24) is 0 Å². The van der Waals surface area contributed by atoms with Crippen molar-refractivity contribution < 1.29 is 38.7 Å². The molecule has 0 radical (unpaired) electrons. The lowest BCUT2D eigenvalue weighted by Gasteiger charge is -2.06. The van der Waals surface area contributed by atoms with Crippen LogP contribution in [0.4, 0.5) is 0 Å². The van der Waals surface area contributed by atoms with Gasteiger partial charge in [0.1, 0.15) is 35.2 Å². The molecule has 10 nitrogen and oxygen atoms in total. The maximum atomic E-state index is 12.5. The number of fused-ring (bicyclic) bond motifs is 2. The first-order valence-electron chi connectivity index (χ1n) is 12.4. The molecule has 4 aromatic carbocycles. The number of hydrogen-bond acceptors (Lipinski definition) is 10. The van der Waals surface area contributed by atoms with Gasteiger partial charge in [0.25, 0.3) is 0 Å². The molecular formula is C32H24O10. The van der Waals surface area contributed by atoms with E-state index in [0.29, 0.717) is 33.0 Å². The Kier molecular flexibility index (Phi) is 7.44. The largest absolute Gasteiger partial charge is 0.508 e. The Morgan fingerprint density at radius 3 is 1.24 bits per heavy atom. The first kappa shape index (κ1) is 27.7. The molecule has 2 heterocycles. The molecule has 42 heavy (non-hydrogen) atoms. The molecule has 6 rings (SSSR count). The van der Waals surface area contributed by atoms with Crippen LogP contribution < -0.4 is 20.3 Å². The number of rotatable bonds is 4. The number of phenolic OH excluding ortho intramolecular Hbond substituents is 4. The van der Waals surface area contributed by atoms with Crippen LogP contribution >= 0.6 is 0 Å². The second-order valence-corrected chi connectivity index (χ2v) is 9.09. The number of methoxy groups -OCH3 is 2. The molecule has 0 atom stereocenters. The highest BCUT2D eigenvalue weighted by atomic mass is 16.5. The van der Waals surface area contributed by atoms with Gasteiger partial charge < -0.3 is 38.7 Å². The summed E-state index contributed by atoms with van der Waals surface area (Å²) in [5.74, 6) is 0.470. The standard InChI is InChI=1S/2C16H12O5/c2*1-20-15-6-11-14(7-13(15)18)21-8-12(16(11)19)9-2-4-10(17)5-3-9/h2*2-8,17-18H,1H3. The zero-order valence-electron chi connectivity index (χ0n) is 22.3. The Bertz CT molecular complexity index is 1870. The zero-order valence-corrected chi connectivity index (χ0v) is 22.3. The monoisotopic (exact) mass is 568 g/mol. The minimum Gasteiger partial charge on any atom is -0.508 e. The third kappa shape index (κ3) is 5.28. The van der Waals surface area contributed by atoms with E-state index in [1.54, 1.807) is 24.3 Å². The van der Waals surface area contributed by atoms with E-state index < -0.39 is 0 Å². The molecule has 2 aromatic heterocycles. The molecule has 0 fully saturated rings. The molecule has 0 spiro atoms. The lowest BCUT2D eigenvalue weighted by atomic mass is 10.1. The van der Waals surface area contributed by atoms with E-state index in [0.717, 1.165) is 0 Å². The molecule has 4 N–H and O–H groups in total. The molecule has 212 valence electrons. The van der Waals surface area contributed by atoms with Gasteiger partial charge in [-0.1, -0.05) is 24.3 Å². The topological polar surface area (TPSA) is 160 Å². The SMILES string of the molecule is COc1cc2c(=O)c(-c3ccc(O)cc3)coc2cc1O.COc1cc2c(=O)c(-c3ccc(O)cc3)coc2cc1O. The summed E-state index contributed by atoms with van der Waals surface area (Å²) in [4.78, 5) is 25.1. The summed E-state index contributed by atoms with van der Waals surface area (Å²) in [5.41, 5.74) is 2.10. The number of ether oxygens (including phenoxy) is 2. The van der Waals surface area contributed by atoms with Gasteiger partial charge in [0.2, 0.25) is 10.9 Å². The second kappa shape index (κ2) is 11.3. The average molecular weight is 569 g/mol. The van der Waals surface area contributed by atoms with Crippen molar-refractivity contribution in [2.75, 3.05) is 14.2 Å². The van der Waals surface area contributed by atoms with E-state index in [1.807, 2.05) is 0 Å². The summed E-state index contributed by atoms with van der Waals surface area (Å²) >= 11 is 0. The van der Waals surface area contributed by atoms with Crippen LogP contribution in [-0.2, 0) is 0 Å². The van der Waals surface area contributed by atoms with Gasteiger partial charge in [-0.15, -0.1) is 0 Å². The van der Waals surface area contributed by atoms with Crippen molar-refractivity contribution >= 4 is 21.9 Å². The lowest BCUT2D eigenvalue weighted by molar-refractivity contribution is 0.373. The molecule has 6 aromatic rings. The second-order valence-electron chi connectivity index (χ2n) is 9.09. The van der Waals surface area contributed by atoms with Crippen LogP contribution in [0.15, 0.2) is 104 Å². The van der Waals surface area contributed by atoms with Gasteiger partial charge in [0.05, 0.1) is 36.1 Å². The molecule has 0 aliphatic carbocycles. The summed E-state index contributed by atoms with van der Waals surface area (Å²) < 4.78 is 20.8. The van der Waals surface area contributed by atoms with Gasteiger partial charge in [-0.2, -0.15) is 0 Å². The Morgan fingerprint density at radius 2 is 0.905 bits per heavy atom. The summed E-state index contributed by atoms with van der Waals surface area (Å²) in [7, 11) is 2.82. The maximum Gasteiger partial charge on any atom is 0.200 e. The minimum absolute atomic E-state index is 0.0921. The van der Waals surface area contributed by atoms with E-state index in [-0.39, 0.29) is 56.5 Å². The van der Waals surface area contributed by atoms with E-state index in [1.165, 1.54) is 75.3 Å². The third-order valence-electron chi connectivity index (χ3n) is 6.50. The quantitative estimate of drug-likeness (QED) is 0.206. The van der Waals surface area contributed by atoms with Crippen LogP contribution in [0.5, 0.6) is 34.5 Å². The normalized spacial score (nSPS) is 10.7. The number of phenols is 4. The Morgan fingerprint density at radius 1 is 0.548 bits per heavy atom. The third-order valence-corrected chi connectivity index (χ3v) is 6.50. The van der Waals surface area contributed by atoms with Crippen LogP contribution in [0.1, 0.15) is 0 Å². The van der Waals surface area contributed by atoms with Crippen molar-refractivity contribution in [1.29, 1.82) is 0 Å². The molecule has 10 heteroatoms. The molecule has 0 aliphatic rings. The fraction of sp³-hybridized carbons (Fsp3) is 0.0625. The summed E-state index contributed by atoms with van der Waals surface area (Å²) in [6.45, 7) is 0. The molecular weight excluding hydrogens is 544 g/mol. The van der Waals surface area contributed by atoms with E-state index in [4.69, 9.17) is 18.3 Å². The van der Waals surface area contributed by atoms with Gasteiger partial charge in [0.15, 0.2) is 23.0 Å². The molecule has 0 unspecified atom stereocenters. The average Bonchev–Trinajstić information content (AvgIpc) is 2.99. The Labute approximate surface area is 237 Å². The fourth-order valence-electron chi connectivity index (χ4n) is 4.30. The summed E-state index contributed by atoms with van der Waals surface area (Å²) in [6, 6.07) is 18.1. The van der Waals surface area contributed by atoms with Gasteiger partial charge in [0, 0.05) is 12.1 Å². The molecule has 0 aliphatic heterocycles. The van der Waals surface area contributed by atoms with E-state index >= 15 is 0 Å². The first-order chi connectivity index (χ1) is 20.2. The van der Waals surface area contributed by atoms with Gasteiger partial charge >= 0.3 is 0 Å². The van der Waals surface area contributed by atoms with Crippen LogP contribution in [0, 0.1) is 0 Å². The van der Waals surface area contributed by atoms with Crippen LogP contribution in [0.3, 0.4) is 0 Å². The van der Waals surface area contributed by atoms with Crippen LogP contribution in [0.2, 0.25) is 0 Å². The van der Waals surface area contributed by atoms with Crippen LogP contribution in [-0.4, -0.2) is 34.6 Å². The fourth-order valence-corrected chi connectivity index (χ4v) is 4.30. The van der Waals surface area contributed by atoms with Crippen molar-refractivity contribution in [2.45, 2.75) is 0 Å². The van der Waals surface area contributed by atoms with E-state index in [2.05, 4.69) is 0 Å². The molecule has 0 saturated heterocycles. The first-order valence-corrected chi connectivity index (χ1v) is 12.4. The highest BCUT2D eigenvalue weighted by Crippen LogP contribution is 2.32. The van der Waals surface area contributed by atoms with Crippen molar-refractivity contribution in [3.05, 3.63) is 106 Å². The predicted molar refractivity (Wildman–Crippen MR) is 156 cm³/mol. The lowest BCUT2D eigenvalue weighted by Crippen LogP contribution is -2.05. The van der Waals surface area contributed by atoms with Gasteiger partial charge in [-0.05, 0) is 47.5 Å². The van der Waals surface area contributed by atoms with Crippen molar-refractivity contribution in [3.63, 3.8) is 0 Å².